The first-order chi connectivity index (χ1) is 12.5. The van der Waals surface area contributed by atoms with Gasteiger partial charge in [0.1, 0.15) is 11.3 Å². The van der Waals surface area contributed by atoms with Gasteiger partial charge in [0.05, 0.1) is 17.9 Å². The molecule has 0 saturated carbocycles. The topological polar surface area (TPSA) is 51.2 Å². The molecule has 0 atom stereocenters. The van der Waals surface area contributed by atoms with Crippen LogP contribution in [0.15, 0.2) is 47.5 Å². The Hall–Kier alpha value is -1.80. The number of rotatable bonds is 5. The number of carbonyl (C=O) groups is 1. The van der Waals surface area contributed by atoms with Gasteiger partial charge in [0, 0.05) is 14.6 Å². The molecule has 0 saturated heterocycles. The zero-order chi connectivity index (χ0) is 18.7. The second kappa shape index (κ2) is 8.26. The van der Waals surface area contributed by atoms with Gasteiger partial charge >= 0.3 is 0 Å². The van der Waals surface area contributed by atoms with Crippen molar-refractivity contribution in [2.45, 2.75) is 18.9 Å². The number of halogens is 1. The number of methoxy groups -OCH3 is 1. The maximum atomic E-state index is 12.3. The van der Waals surface area contributed by atoms with Gasteiger partial charge in [-0.3, -0.25) is 4.79 Å². The van der Waals surface area contributed by atoms with E-state index >= 15 is 0 Å². The van der Waals surface area contributed by atoms with Crippen molar-refractivity contribution in [2.24, 2.45) is 0 Å². The number of hydrogen-bond donors (Lipinski definition) is 1. The highest BCUT2D eigenvalue weighted by Gasteiger charge is 2.10. The van der Waals surface area contributed by atoms with Crippen LogP contribution in [0.4, 0.5) is 5.69 Å². The molecule has 1 heterocycles. The summed E-state index contributed by atoms with van der Waals surface area (Å²) in [5, 5.41) is 4.84. The number of carbonyl (C=O) groups excluding carboxylic acids is 1. The predicted octanol–water partition coefficient (Wildman–Crippen LogP) is 5.20. The van der Waals surface area contributed by atoms with Gasteiger partial charge < -0.3 is 10.1 Å². The van der Waals surface area contributed by atoms with Gasteiger partial charge in [0.25, 0.3) is 0 Å². The van der Waals surface area contributed by atoms with Crippen molar-refractivity contribution in [2.75, 3.05) is 18.2 Å². The normalized spacial score (nSPS) is 10.8. The lowest BCUT2D eigenvalue weighted by molar-refractivity contribution is -0.113. The summed E-state index contributed by atoms with van der Waals surface area (Å²) in [7, 11) is 1.64. The minimum atomic E-state index is -0.0427. The monoisotopic (exact) mass is 478 g/mol. The number of nitrogens with one attached hydrogen (secondary N) is 1. The molecule has 0 aliphatic rings. The molecule has 4 nitrogen and oxygen atoms in total. The van der Waals surface area contributed by atoms with E-state index < -0.39 is 0 Å². The summed E-state index contributed by atoms with van der Waals surface area (Å²) in [5.41, 5.74) is 3.84. The maximum Gasteiger partial charge on any atom is 0.234 e. The first-order valence-electron chi connectivity index (χ1n) is 8.11. The number of aryl methyl sites for hydroxylation is 2. The minimum Gasteiger partial charge on any atom is -0.494 e. The van der Waals surface area contributed by atoms with Gasteiger partial charge in [-0.2, -0.15) is 0 Å². The molecule has 3 rings (SSSR count). The van der Waals surface area contributed by atoms with Crippen LogP contribution in [0.1, 0.15) is 11.1 Å². The first kappa shape index (κ1) is 19.0. The van der Waals surface area contributed by atoms with Crippen LogP contribution >= 0.6 is 34.4 Å². The number of thioether (sulfide) groups is 1. The number of fused-ring (bicyclic) bond motifs is 1. The van der Waals surface area contributed by atoms with Crippen LogP contribution in [-0.2, 0) is 4.79 Å². The average Bonchev–Trinajstić information content (AvgIpc) is 2.62. The molecule has 0 bridgehead atoms. The molecule has 3 aromatic rings. The molecule has 0 aliphatic heterocycles. The zero-order valence-electron chi connectivity index (χ0n) is 14.8. The number of amides is 1. The van der Waals surface area contributed by atoms with E-state index in [-0.39, 0.29) is 5.91 Å². The SMILES string of the molecule is COc1cccc2c(C)cc(SCC(=O)Nc3ccc(I)cc3C)nc12. The summed E-state index contributed by atoms with van der Waals surface area (Å²) in [5.74, 6) is 1.00. The fraction of sp³-hybridized carbons (Fsp3) is 0.200. The molecule has 6 heteroatoms. The fourth-order valence-corrected chi connectivity index (χ4v) is 4.11. The number of benzene rings is 2. The first-order valence-corrected chi connectivity index (χ1v) is 10.2. The molecule has 0 aliphatic carbocycles. The Balaban J connectivity index is 1.74. The number of nitrogens with zero attached hydrogens (tertiary/aromatic N) is 1. The molecule has 0 unspecified atom stereocenters. The molecule has 0 fully saturated rings. The average molecular weight is 478 g/mol. The van der Waals surface area contributed by atoms with Crippen LogP contribution in [-0.4, -0.2) is 23.8 Å². The molecular weight excluding hydrogens is 459 g/mol. The molecule has 2 aromatic carbocycles. The van der Waals surface area contributed by atoms with E-state index in [0.717, 1.165) is 42.1 Å². The number of ether oxygens (including phenoxy) is 1. The van der Waals surface area contributed by atoms with Gasteiger partial charge in [-0.25, -0.2) is 4.98 Å². The van der Waals surface area contributed by atoms with Crippen LogP contribution in [0.25, 0.3) is 10.9 Å². The van der Waals surface area contributed by atoms with Gasteiger partial charge in [0.2, 0.25) is 5.91 Å². The van der Waals surface area contributed by atoms with E-state index in [1.165, 1.54) is 11.8 Å². The second-order valence-corrected chi connectivity index (χ2v) is 8.17. The Labute approximate surface area is 170 Å². The van der Waals surface area contributed by atoms with Crippen molar-refractivity contribution in [3.63, 3.8) is 0 Å². The summed E-state index contributed by atoms with van der Waals surface area (Å²) in [6.07, 6.45) is 0. The summed E-state index contributed by atoms with van der Waals surface area (Å²) in [6, 6.07) is 13.9. The number of aromatic nitrogens is 1. The molecule has 1 N–H and O–H groups in total. The highest BCUT2D eigenvalue weighted by Crippen LogP contribution is 2.29. The highest BCUT2D eigenvalue weighted by molar-refractivity contribution is 14.1. The largest absolute Gasteiger partial charge is 0.494 e. The Morgan fingerprint density at radius 1 is 1.19 bits per heavy atom. The Kier molecular flexibility index (Phi) is 6.03. The lowest BCUT2D eigenvalue weighted by Gasteiger charge is -2.10. The van der Waals surface area contributed by atoms with Crippen molar-refractivity contribution in [1.82, 2.24) is 4.98 Å². The van der Waals surface area contributed by atoms with Crippen LogP contribution < -0.4 is 10.1 Å². The van der Waals surface area contributed by atoms with Crippen LogP contribution in [0.5, 0.6) is 5.75 Å². The summed E-state index contributed by atoms with van der Waals surface area (Å²) < 4.78 is 6.56. The highest BCUT2D eigenvalue weighted by atomic mass is 127. The predicted molar refractivity (Wildman–Crippen MR) is 116 cm³/mol. The zero-order valence-corrected chi connectivity index (χ0v) is 17.8. The maximum absolute atomic E-state index is 12.3. The number of anilines is 1. The van der Waals surface area contributed by atoms with E-state index in [4.69, 9.17) is 4.74 Å². The molecule has 0 spiro atoms. The van der Waals surface area contributed by atoms with E-state index in [0.29, 0.717) is 5.75 Å². The molecule has 134 valence electrons. The van der Waals surface area contributed by atoms with E-state index in [9.17, 15) is 4.79 Å². The third-order valence-electron chi connectivity index (χ3n) is 4.02. The fourth-order valence-electron chi connectivity index (χ4n) is 2.69. The molecule has 0 radical (unpaired) electrons. The standard InChI is InChI=1S/C20H19IN2O2S/c1-12-10-19(23-20-15(12)5-4-6-17(20)25-3)26-11-18(24)22-16-8-7-14(21)9-13(16)2/h4-10H,11H2,1-3H3,(H,22,24). The minimum absolute atomic E-state index is 0.0427. The van der Waals surface area contributed by atoms with Gasteiger partial charge in [-0.05, 0) is 77.9 Å². The Bertz CT molecular complexity index is 975. The van der Waals surface area contributed by atoms with Crippen molar-refractivity contribution in [1.29, 1.82) is 0 Å². The number of para-hydroxylation sites is 1. The lowest BCUT2D eigenvalue weighted by Crippen LogP contribution is -2.15. The van der Waals surface area contributed by atoms with E-state index in [1.54, 1.807) is 7.11 Å². The second-order valence-electron chi connectivity index (χ2n) is 5.93. The van der Waals surface area contributed by atoms with Crippen LogP contribution in [0.3, 0.4) is 0 Å². The summed E-state index contributed by atoms with van der Waals surface area (Å²) >= 11 is 3.69. The smallest absolute Gasteiger partial charge is 0.234 e. The van der Waals surface area contributed by atoms with Crippen molar-refractivity contribution in [3.8, 4) is 5.75 Å². The van der Waals surface area contributed by atoms with Crippen LogP contribution in [0, 0.1) is 17.4 Å². The van der Waals surface area contributed by atoms with E-state index in [1.807, 2.05) is 56.3 Å². The molecule has 26 heavy (non-hydrogen) atoms. The summed E-state index contributed by atoms with van der Waals surface area (Å²) in [6.45, 7) is 4.04. The third-order valence-corrected chi connectivity index (χ3v) is 5.60. The lowest BCUT2D eigenvalue weighted by atomic mass is 10.1. The Morgan fingerprint density at radius 2 is 2.00 bits per heavy atom. The third kappa shape index (κ3) is 4.29. The van der Waals surface area contributed by atoms with Gasteiger partial charge in [-0.15, -0.1) is 0 Å². The van der Waals surface area contributed by atoms with Gasteiger partial charge in [0.15, 0.2) is 0 Å². The van der Waals surface area contributed by atoms with Crippen molar-refractivity contribution >= 4 is 56.9 Å². The Morgan fingerprint density at radius 3 is 2.73 bits per heavy atom. The quantitative estimate of drug-likeness (QED) is 0.405. The molecule has 1 amide bonds. The summed E-state index contributed by atoms with van der Waals surface area (Å²) in [4.78, 5) is 17.0. The van der Waals surface area contributed by atoms with Crippen molar-refractivity contribution < 1.29 is 9.53 Å². The van der Waals surface area contributed by atoms with Crippen LogP contribution in [0.2, 0.25) is 0 Å². The van der Waals surface area contributed by atoms with Gasteiger partial charge in [-0.1, -0.05) is 23.9 Å². The molecular formula is C20H19IN2O2S. The number of hydrogen-bond acceptors (Lipinski definition) is 4. The van der Waals surface area contributed by atoms with E-state index in [2.05, 4.69) is 32.9 Å². The molecule has 1 aromatic heterocycles. The van der Waals surface area contributed by atoms with Crippen molar-refractivity contribution in [3.05, 3.63) is 57.2 Å². The number of pyridine rings is 1.